The fourth-order valence-electron chi connectivity index (χ4n) is 10.8. The lowest BCUT2D eigenvalue weighted by molar-refractivity contribution is -0.387. The Bertz CT molecular complexity index is 2020. The van der Waals surface area contributed by atoms with E-state index in [1.165, 1.54) is 26.2 Å². The number of unbranched alkanes of at least 4 members (excludes halogenated alkanes) is 8. The summed E-state index contributed by atoms with van der Waals surface area (Å²) in [7, 11) is 0. The number of fused-ring (bicyclic) bond motifs is 5. The van der Waals surface area contributed by atoms with E-state index in [0.29, 0.717) is 18.4 Å². The van der Waals surface area contributed by atoms with Crippen LogP contribution >= 0.6 is 0 Å². The van der Waals surface area contributed by atoms with Gasteiger partial charge in [-0.3, -0.25) is 38.5 Å². The lowest BCUT2D eigenvalue weighted by Gasteiger charge is -2.67. The van der Waals surface area contributed by atoms with Crippen LogP contribution in [-0.2, 0) is 82.6 Å². The van der Waals surface area contributed by atoms with Crippen LogP contribution in [0, 0.1) is 17.3 Å². The third-order valence-corrected chi connectivity index (χ3v) is 13.6. The molecule has 0 radical (unpaired) electrons. The highest BCUT2D eigenvalue weighted by Crippen LogP contribution is 2.70. The summed E-state index contributed by atoms with van der Waals surface area (Å²) in [4.78, 5) is 114. The highest BCUT2D eigenvalue weighted by molar-refractivity contribution is 5.90. The molecule has 4 aliphatic rings. The number of cyclic esters (lactones) is 1. The second kappa shape index (κ2) is 21.8. The fourth-order valence-corrected chi connectivity index (χ4v) is 10.8. The van der Waals surface area contributed by atoms with E-state index in [2.05, 4.69) is 11.9 Å². The zero-order valence-corrected chi connectivity index (χ0v) is 40.1. The highest BCUT2D eigenvalue weighted by Gasteiger charge is 2.92. The first-order valence-electron chi connectivity index (χ1n) is 23.3. The molecule has 0 aromatic carbocycles. The Labute approximate surface area is 390 Å². The average Bonchev–Trinajstić information content (AvgIpc) is 3.47. The number of hydrogen-bond donors (Lipinski definition) is 1. The number of aryl methyl sites for hydroxylation is 1. The van der Waals surface area contributed by atoms with Gasteiger partial charge >= 0.3 is 47.8 Å². The van der Waals surface area contributed by atoms with Gasteiger partial charge in [-0.05, 0) is 44.7 Å². The van der Waals surface area contributed by atoms with E-state index in [0.717, 1.165) is 86.5 Å². The van der Waals surface area contributed by atoms with Gasteiger partial charge in [-0.25, -0.2) is 4.79 Å². The fraction of sp³-hybridized carbons (Fsp3) is 0.729. The average molecular weight is 946 g/mol. The maximum absolute atomic E-state index is 14.4. The molecule has 0 amide bonds. The molecule has 4 bridgehead atoms. The van der Waals surface area contributed by atoms with Crippen LogP contribution in [0.25, 0.3) is 0 Å². The van der Waals surface area contributed by atoms with E-state index in [9.17, 15) is 43.5 Å². The van der Waals surface area contributed by atoms with Crippen LogP contribution in [0.15, 0.2) is 18.5 Å². The Kier molecular flexibility index (Phi) is 17.2. The number of carbonyl (C=O) groups excluding carboxylic acids is 8. The number of aromatic nitrogens is 1. The van der Waals surface area contributed by atoms with E-state index in [-0.39, 0.29) is 24.8 Å². The van der Waals surface area contributed by atoms with Gasteiger partial charge in [0.15, 0.2) is 30.0 Å². The second-order valence-electron chi connectivity index (χ2n) is 18.7. The third kappa shape index (κ3) is 10.8. The molecule has 1 aromatic heterocycles. The smallest absolute Gasteiger partial charge is 0.340 e. The molecule has 1 unspecified atom stereocenters. The predicted molar refractivity (Wildman–Crippen MR) is 231 cm³/mol. The van der Waals surface area contributed by atoms with E-state index >= 15 is 0 Å². The number of esters is 8. The number of rotatable bonds is 17. The van der Waals surface area contributed by atoms with Crippen LogP contribution in [0.4, 0.5) is 0 Å². The number of aliphatic hydroxyl groups is 1. The number of carbonyl (C=O) groups is 8. The molecule has 12 atom stereocenters. The first-order valence-corrected chi connectivity index (χ1v) is 23.3. The van der Waals surface area contributed by atoms with Gasteiger partial charge in [0.2, 0.25) is 0 Å². The highest BCUT2D eigenvalue weighted by atomic mass is 16.7. The molecular weight excluding hydrogens is 879 g/mol. The number of pyridine rings is 1. The lowest BCUT2D eigenvalue weighted by Crippen LogP contribution is -2.89. The molecule has 2 aliphatic carbocycles. The monoisotopic (exact) mass is 945 g/mol. The maximum atomic E-state index is 14.4. The predicted octanol–water partition coefficient (Wildman–Crippen LogP) is 4.76. The molecule has 1 aromatic rings. The van der Waals surface area contributed by atoms with Crippen LogP contribution < -0.4 is 0 Å². The van der Waals surface area contributed by atoms with Crippen molar-refractivity contribution in [1.29, 1.82) is 0 Å². The maximum Gasteiger partial charge on any atom is 0.340 e. The summed E-state index contributed by atoms with van der Waals surface area (Å²) >= 11 is 0. The van der Waals surface area contributed by atoms with Gasteiger partial charge in [0.05, 0.1) is 17.4 Å². The van der Waals surface area contributed by atoms with Gasteiger partial charge in [-0.2, -0.15) is 0 Å². The van der Waals surface area contributed by atoms with Crippen molar-refractivity contribution in [1.82, 2.24) is 4.98 Å². The standard InChI is InChI=1S/C48H67NO18/c1-10-11-12-13-14-15-16-17-18-19-35(55)65-39-36-37(61-29(4)51)41(63-31(6)53)47(26-59-28(3)50)42(64-32(7)54)38(62-30(5)52)40-46(9,58)48(39,47)67-45(36,8)25-60-44(57)34-24-49-23-22-33(34)21-20-27(2)43(56)66-40/h22-24,27,36-42,58H,10-21,25-26H2,1-9H3/t27?,36-,37+,38+,39-,40+,41-,42+,45+,46+,47-,48+/m1/s1. The van der Waals surface area contributed by atoms with Crippen molar-refractivity contribution in [2.75, 3.05) is 13.2 Å². The summed E-state index contributed by atoms with van der Waals surface area (Å²) in [6.45, 7) is 9.57. The third-order valence-electron chi connectivity index (χ3n) is 13.6. The van der Waals surface area contributed by atoms with Crippen molar-refractivity contribution in [3.63, 3.8) is 0 Å². The second-order valence-corrected chi connectivity index (χ2v) is 18.7. The molecule has 5 rings (SSSR count). The summed E-state index contributed by atoms with van der Waals surface area (Å²) in [5.74, 6) is -10.2. The van der Waals surface area contributed by atoms with Gasteiger partial charge in [-0.1, -0.05) is 65.2 Å². The van der Waals surface area contributed by atoms with Crippen molar-refractivity contribution in [3.05, 3.63) is 29.6 Å². The topological polar surface area (TPSA) is 253 Å². The van der Waals surface area contributed by atoms with Gasteiger partial charge in [0.1, 0.15) is 42.0 Å². The van der Waals surface area contributed by atoms with E-state index < -0.39 is 132 Å². The zero-order chi connectivity index (χ0) is 49.5. The van der Waals surface area contributed by atoms with Crippen molar-refractivity contribution < 1.29 is 86.1 Å². The van der Waals surface area contributed by atoms with Crippen LogP contribution in [0.5, 0.6) is 0 Å². The molecule has 1 N–H and O–H groups in total. The Hall–Kier alpha value is -5.17. The Morgan fingerprint density at radius 2 is 1.33 bits per heavy atom. The van der Waals surface area contributed by atoms with E-state index in [1.807, 2.05) is 0 Å². The van der Waals surface area contributed by atoms with Gasteiger partial charge in [0, 0.05) is 53.4 Å². The van der Waals surface area contributed by atoms with Crippen LogP contribution in [0.2, 0.25) is 0 Å². The summed E-state index contributed by atoms with van der Waals surface area (Å²) in [6.07, 6.45) is -0.629. The molecule has 2 aliphatic heterocycles. The molecule has 3 heterocycles. The summed E-state index contributed by atoms with van der Waals surface area (Å²) in [5, 5.41) is 13.7. The SMILES string of the molecule is CCCCCCCCCCCC(=O)O[C@@H]1[C@H]2[C@H](OC(C)=O)[C@@H](OC(C)=O)[C@]3(COC(C)=O)[C@@H](OC(C)=O)[C@@H](OC(C)=O)[C@@H]4OC(=O)C(C)CCc5ccncc5C(=O)OC[C@]2(C)O[C@]13[C@@]4(C)O. The summed E-state index contributed by atoms with van der Waals surface area (Å²) in [5.41, 5.74) is -9.71. The molecular formula is C48H67NO18. The summed E-state index contributed by atoms with van der Waals surface area (Å²) < 4.78 is 55.8. The van der Waals surface area contributed by atoms with Gasteiger partial charge in [-0.15, -0.1) is 0 Å². The Balaban J connectivity index is 1.84. The van der Waals surface area contributed by atoms with Crippen molar-refractivity contribution >= 4 is 47.8 Å². The lowest BCUT2D eigenvalue weighted by atomic mass is 9.45. The zero-order valence-electron chi connectivity index (χ0n) is 40.1. The first-order chi connectivity index (χ1) is 31.6. The molecule has 19 nitrogen and oxygen atoms in total. The van der Waals surface area contributed by atoms with Gasteiger partial charge in [0.25, 0.3) is 0 Å². The number of ether oxygens (including phenoxy) is 9. The minimum Gasteiger partial charge on any atom is -0.465 e. The minimum atomic E-state index is -2.81. The Morgan fingerprint density at radius 3 is 1.91 bits per heavy atom. The normalized spacial score (nSPS) is 33.3. The van der Waals surface area contributed by atoms with Crippen molar-refractivity contribution in [3.8, 4) is 0 Å². The van der Waals surface area contributed by atoms with Crippen LogP contribution in [-0.4, -0.2) is 124 Å². The molecule has 19 heteroatoms. The van der Waals surface area contributed by atoms with E-state index in [4.69, 9.17) is 42.6 Å². The van der Waals surface area contributed by atoms with Crippen LogP contribution in [0.3, 0.4) is 0 Å². The summed E-state index contributed by atoms with van der Waals surface area (Å²) in [6, 6.07) is 1.58. The molecule has 372 valence electrons. The number of nitrogens with zero attached hydrogens (tertiary/aromatic N) is 1. The van der Waals surface area contributed by atoms with Crippen LogP contribution in [0.1, 0.15) is 149 Å². The number of hydrogen-bond acceptors (Lipinski definition) is 19. The Morgan fingerprint density at radius 1 is 0.761 bits per heavy atom. The minimum absolute atomic E-state index is 0.0405. The van der Waals surface area contributed by atoms with E-state index in [1.54, 1.807) is 6.07 Å². The van der Waals surface area contributed by atoms with Crippen molar-refractivity contribution in [2.24, 2.45) is 17.3 Å². The molecule has 67 heavy (non-hydrogen) atoms. The van der Waals surface area contributed by atoms with Crippen molar-refractivity contribution in [2.45, 2.75) is 193 Å². The van der Waals surface area contributed by atoms with Gasteiger partial charge < -0.3 is 47.7 Å². The molecule has 1 spiro atoms. The molecule has 1 saturated heterocycles. The quantitative estimate of drug-likeness (QED) is 0.125. The molecule has 2 saturated carbocycles. The largest absolute Gasteiger partial charge is 0.465 e. The molecule has 3 fully saturated rings. The first kappa shape index (κ1) is 52.8.